The van der Waals surface area contributed by atoms with Crippen molar-refractivity contribution in [1.29, 1.82) is 0 Å². The number of nitrogens with zero attached hydrogens (tertiary/aromatic N) is 1. The molecule has 0 saturated carbocycles. The molecule has 1 amide bonds. The molecule has 1 aliphatic heterocycles. The molecule has 0 spiro atoms. The molecule has 0 aromatic heterocycles. The van der Waals surface area contributed by atoms with Gasteiger partial charge in [0.1, 0.15) is 6.10 Å². The normalized spacial score (nSPS) is 21.1. The molecular formula is C14H28N2O4. The number of hydrogen-bond donors (Lipinski definition) is 3. The monoisotopic (exact) mass is 288 g/mol. The maximum absolute atomic E-state index is 10.9. The molecule has 0 aliphatic carbocycles. The van der Waals surface area contributed by atoms with Crippen LogP contribution in [0, 0.1) is 11.8 Å². The quantitative estimate of drug-likeness (QED) is 0.564. The fourth-order valence-corrected chi connectivity index (χ4v) is 2.47. The van der Waals surface area contributed by atoms with Gasteiger partial charge in [0.2, 0.25) is 5.91 Å². The molecule has 1 saturated heterocycles. The van der Waals surface area contributed by atoms with Gasteiger partial charge in [-0.1, -0.05) is 13.8 Å². The van der Waals surface area contributed by atoms with Crippen LogP contribution in [-0.2, 0) is 9.53 Å². The third-order valence-electron chi connectivity index (χ3n) is 3.60. The number of aliphatic hydroxyl groups excluding tert-OH is 2. The predicted octanol–water partition coefficient (Wildman–Crippen LogP) is -0.422. The van der Waals surface area contributed by atoms with E-state index in [1.54, 1.807) is 0 Å². The molecule has 0 aromatic carbocycles. The Balaban J connectivity index is 2.20. The number of ether oxygens (including phenoxy) is 1. The Kier molecular flexibility index (Phi) is 7.43. The van der Waals surface area contributed by atoms with Crippen molar-refractivity contribution < 1.29 is 19.7 Å². The number of piperidine rings is 1. The molecule has 1 rings (SSSR count). The number of rotatable bonds is 8. The number of likely N-dealkylation sites (tertiary alicyclic amines) is 1. The van der Waals surface area contributed by atoms with Crippen molar-refractivity contribution in [2.75, 3.05) is 32.8 Å². The number of carbonyl (C=O) groups is 1. The van der Waals surface area contributed by atoms with Gasteiger partial charge in [-0.05, 0) is 37.8 Å². The molecule has 6 heteroatoms. The number of nitrogens with two attached hydrogens (primary N) is 1. The lowest BCUT2D eigenvalue weighted by atomic mass is 9.91. The molecule has 118 valence electrons. The van der Waals surface area contributed by atoms with Crippen LogP contribution in [0.15, 0.2) is 0 Å². The minimum absolute atomic E-state index is 0.0573. The van der Waals surface area contributed by atoms with Gasteiger partial charge in [-0.25, -0.2) is 0 Å². The lowest BCUT2D eigenvalue weighted by Gasteiger charge is -2.34. The Bertz CT molecular complexity index is 291. The lowest BCUT2D eigenvalue weighted by Crippen LogP contribution is -2.45. The van der Waals surface area contributed by atoms with E-state index >= 15 is 0 Å². The van der Waals surface area contributed by atoms with Gasteiger partial charge >= 0.3 is 0 Å². The molecular weight excluding hydrogens is 260 g/mol. The standard InChI is InChI=1S/C14H28N2O4/c1-10(2)8-20-9-12(17)7-16-5-3-11(4-6-16)13(18)14(15)19/h10-13,17-18H,3-9H2,1-2H3,(H2,15,19)/t12-,13+/m0/s1. The van der Waals surface area contributed by atoms with Gasteiger partial charge in [0, 0.05) is 13.2 Å². The summed E-state index contributed by atoms with van der Waals surface area (Å²) in [6, 6.07) is 0. The van der Waals surface area contributed by atoms with Crippen LogP contribution in [0.1, 0.15) is 26.7 Å². The SMILES string of the molecule is CC(C)COC[C@@H](O)CN1CCC([C@@H](O)C(N)=O)CC1. The van der Waals surface area contributed by atoms with Crippen molar-refractivity contribution in [3.05, 3.63) is 0 Å². The maximum atomic E-state index is 10.9. The molecule has 6 nitrogen and oxygen atoms in total. The number of carbonyl (C=O) groups excluding carboxylic acids is 1. The molecule has 0 bridgehead atoms. The van der Waals surface area contributed by atoms with Crippen molar-refractivity contribution in [3.8, 4) is 0 Å². The van der Waals surface area contributed by atoms with Crippen LogP contribution in [0.4, 0.5) is 0 Å². The summed E-state index contributed by atoms with van der Waals surface area (Å²) in [5.41, 5.74) is 5.10. The van der Waals surface area contributed by atoms with Crippen molar-refractivity contribution in [1.82, 2.24) is 4.90 Å². The van der Waals surface area contributed by atoms with E-state index in [0.717, 1.165) is 25.9 Å². The highest BCUT2D eigenvalue weighted by Crippen LogP contribution is 2.20. The third kappa shape index (κ3) is 6.17. The first-order chi connectivity index (χ1) is 9.40. The van der Waals surface area contributed by atoms with Gasteiger partial charge in [0.25, 0.3) is 0 Å². The van der Waals surface area contributed by atoms with E-state index in [1.807, 2.05) is 0 Å². The first-order valence-corrected chi connectivity index (χ1v) is 7.35. The van der Waals surface area contributed by atoms with Crippen molar-refractivity contribution in [2.45, 2.75) is 38.9 Å². The van der Waals surface area contributed by atoms with Crippen molar-refractivity contribution >= 4 is 5.91 Å². The zero-order valence-electron chi connectivity index (χ0n) is 12.5. The summed E-state index contributed by atoms with van der Waals surface area (Å²) in [5, 5.41) is 19.5. The summed E-state index contributed by atoms with van der Waals surface area (Å²) >= 11 is 0. The molecule has 0 aromatic rings. The summed E-state index contributed by atoms with van der Waals surface area (Å²) in [5.74, 6) is -0.239. The molecule has 0 unspecified atom stereocenters. The Morgan fingerprint density at radius 3 is 2.40 bits per heavy atom. The fraction of sp³-hybridized carbons (Fsp3) is 0.929. The maximum Gasteiger partial charge on any atom is 0.246 e. The van der Waals surface area contributed by atoms with E-state index in [-0.39, 0.29) is 5.92 Å². The van der Waals surface area contributed by atoms with E-state index in [1.165, 1.54) is 0 Å². The van der Waals surface area contributed by atoms with E-state index < -0.39 is 18.1 Å². The second-order valence-electron chi connectivity index (χ2n) is 6.07. The Labute approximate surface area is 120 Å². The topological polar surface area (TPSA) is 96.0 Å². The molecule has 4 N–H and O–H groups in total. The molecule has 2 atom stereocenters. The van der Waals surface area contributed by atoms with Gasteiger partial charge in [-0.2, -0.15) is 0 Å². The van der Waals surface area contributed by atoms with Gasteiger partial charge in [-0.15, -0.1) is 0 Å². The van der Waals surface area contributed by atoms with E-state index in [9.17, 15) is 15.0 Å². The smallest absolute Gasteiger partial charge is 0.246 e. The van der Waals surface area contributed by atoms with Gasteiger partial charge in [0.15, 0.2) is 0 Å². The Morgan fingerprint density at radius 2 is 1.90 bits per heavy atom. The largest absolute Gasteiger partial charge is 0.389 e. The van der Waals surface area contributed by atoms with Crippen LogP contribution in [-0.4, -0.2) is 66.1 Å². The number of aliphatic hydroxyl groups is 2. The highest BCUT2D eigenvalue weighted by Gasteiger charge is 2.28. The zero-order valence-corrected chi connectivity index (χ0v) is 12.5. The first-order valence-electron chi connectivity index (χ1n) is 7.35. The first kappa shape index (κ1) is 17.4. The van der Waals surface area contributed by atoms with Crippen LogP contribution in [0.2, 0.25) is 0 Å². The van der Waals surface area contributed by atoms with Crippen molar-refractivity contribution in [2.24, 2.45) is 17.6 Å². The van der Waals surface area contributed by atoms with Gasteiger partial charge in [-0.3, -0.25) is 4.79 Å². The summed E-state index contributed by atoms with van der Waals surface area (Å²) in [7, 11) is 0. The summed E-state index contributed by atoms with van der Waals surface area (Å²) in [6.45, 7) is 7.23. The van der Waals surface area contributed by atoms with E-state index in [4.69, 9.17) is 10.5 Å². The highest BCUT2D eigenvalue weighted by atomic mass is 16.5. The molecule has 1 heterocycles. The van der Waals surface area contributed by atoms with Crippen LogP contribution >= 0.6 is 0 Å². The minimum Gasteiger partial charge on any atom is -0.389 e. The van der Waals surface area contributed by atoms with E-state index in [2.05, 4.69) is 18.7 Å². The number of amides is 1. The fourth-order valence-electron chi connectivity index (χ4n) is 2.47. The molecule has 20 heavy (non-hydrogen) atoms. The summed E-state index contributed by atoms with van der Waals surface area (Å²) < 4.78 is 5.41. The second kappa shape index (κ2) is 8.56. The predicted molar refractivity (Wildman–Crippen MR) is 76.0 cm³/mol. The molecule has 1 aliphatic rings. The number of hydrogen-bond acceptors (Lipinski definition) is 5. The average molecular weight is 288 g/mol. The molecule has 1 fully saturated rings. The minimum atomic E-state index is -1.04. The van der Waals surface area contributed by atoms with E-state index in [0.29, 0.717) is 25.7 Å². The van der Waals surface area contributed by atoms with Gasteiger partial charge < -0.3 is 25.6 Å². The number of primary amides is 1. The lowest BCUT2D eigenvalue weighted by molar-refractivity contribution is -0.129. The van der Waals surface area contributed by atoms with Crippen LogP contribution in [0.5, 0.6) is 0 Å². The summed E-state index contributed by atoms with van der Waals surface area (Å²) in [4.78, 5) is 13.1. The van der Waals surface area contributed by atoms with Crippen LogP contribution in [0.3, 0.4) is 0 Å². The number of β-amino-alcohol motifs (C(OH)–C–C–N with tert-alkyl or cyclic N) is 1. The third-order valence-corrected chi connectivity index (χ3v) is 3.60. The van der Waals surface area contributed by atoms with Crippen molar-refractivity contribution in [3.63, 3.8) is 0 Å². The average Bonchev–Trinajstić information content (AvgIpc) is 2.38. The van der Waals surface area contributed by atoms with Gasteiger partial charge in [0.05, 0.1) is 12.7 Å². The Morgan fingerprint density at radius 1 is 1.30 bits per heavy atom. The Hall–Kier alpha value is -0.690. The summed E-state index contributed by atoms with van der Waals surface area (Å²) in [6.07, 6.45) is -0.0873. The molecule has 0 radical (unpaired) electrons. The highest BCUT2D eigenvalue weighted by molar-refractivity contribution is 5.78. The van der Waals surface area contributed by atoms with Crippen LogP contribution in [0.25, 0.3) is 0 Å². The zero-order chi connectivity index (χ0) is 15.1. The second-order valence-corrected chi connectivity index (χ2v) is 6.07. The van der Waals surface area contributed by atoms with Crippen LogP contribution < -0.4 is 5.73 Å².